The van der Waals surface area contributed by atoms with E-state index in [2.05, 4.69) is 10.6 Å². The van der Waals surface area contributed by atoms with Crippen LogP contribution in [0.4, 0.5) is 10.1 Å². The third kappa shape index (κ3) is 3.14. The van der Waals surface area contributed by atoms with Crippen molar-refractivity contribution in [3.63, 3.8) is 0 Å². The van der Waals surface area contributed by atoms with E-state index in [1.807, 2.05) is 24.3 Å². The molecule has 2 amide bonds. The van der Waals surface area contributed by atoms with Gasteiger partial charge in [0.1, 0.15) is 5.82 Å². The molecular formula is C18H17FN2O3. The van der Waals surface area contributed by atoms with E-state index in [1.54, 1.807) is 0 Å². The first kappa shape index (κ1) is 16.1. The summed E-state index contributed by atoms with van der Waals surface area (Å²) < 4.78 is 14.0. The van der Waals surface area contributed by atoms with Crippen molar-refractivity contribution in [2.75, 3.05) is 5.32 Å². The summed E-state index contributed by atoms with van der Waals surface area (Å²) in [5.41, 5.74) is 1.94. The van der Waals surface area contributed by atoms with E-state index in [0.717, 1.165) is 17.2 Å². The van der Waals surface area contributed by atoms with Crippen molar-refractivity contribution in [2.45, 2.75) is 25.5 Å². The molecule has 0 spiro atoms. The van der Waals surface area contributed by atoms with Crippen LogP contribution in [0.15, 0.2) is 42.5 Å². The van der Waals surface area contributed by atoms with Gasteiger partial charge in [-0.2, -0.15) is 0 Å². The molecule has 2 aromatic carbocycles. The number of hydrogen-bond acceptors (Lipinski definition) is 3. The average Bonchev–Trinajstić information content (AvgIpc) is 2.84. The van der Waals surface area contributed by atoms with Crippen LogP contribution in [0.25, 0.3) is 0 Å². The topological polar surface area (TPSA) is 78.4 Å². The van der Waals surface area contributed by atoms with Gasteiger partial charge in [0.2, 0.25) is 5.91 Å². The fourth-order valence-electron chi connectivity index (χ4n) is 2.95. The minimum atomic E-state index is -0.757. The molecule has 6 heteroatoms. The first-order valence-corrected chi connectivity index (χ1v) is 7.59. The summed E-state index contributed by atoms with van der Waals surface area (Å²) >= 11 is 0. The van der Waals surface area contributed by atoms with Crippen molar-refractivity contribution in [3.05, 3.63) is 65.0 Å². The average molecular weight is 328 g/mol. The maximum atomic E-state index is 14.0. The Morgan fingerprint density at radius 2 is 1.96 bits per heavy atom. The maximum absolute atomic E-state index is 14.0. The van der Waals surface area contributed by atoms with Crippen molar-refractivity contribution < 1.29 is 19.1 Å². The number of fused-ring (bicyclic) bond motifs is 1. The predicted octanol–water partition coefficient (Wildman–Crippen LogP) is 2.17. The molecule has 0 saturated carbocycles. The molecule has 2 atom stereocenters. The molecule has 2 aromatic rings. The van der Waals surface area contributed by atoms with Crippen LogP contribution in [0.1, 0.15) is 34.5 Å². The van der Waals surface area contributed by atoms with Crippen molar-refractivity contribution >= 4 is 17.5 Å². The van der Waals surface area contributed by atoms with Crippen LogP contribution in [0.5, 0.6) is 0 Å². The standard InChI is InChI=1S/C18H17FN2O3/c1-10(22)20-12-6-7-15(19)14(9-12)18(24)21-17-13-5-3-2-4-11(13)8-16(17)23/h2-7,9,16-17,23H,8H2,1H3,(H,20,22)(H,21,24). The molecule has 0 aliphatic heterocycles. The predicted molar refractivity (Wildman–Crippen MR) is 87.1 cm³/mol. The second-order valence-corrected chi connectivity index (χ2v) is 5.80. The summed E-state index contributed by atoms with van der Waals surface area (Å²) in [7, 11) is 0. The van der Waals surface area contributed by atoms with E-state index >= 15 is 0 Å². The summed E-state index contributed by atoms with van der Waals surface area (Å²) in [6.45, 7) is 1.33. The molecule has 0 radical (unpaired) electrons. The highest BCUT2D eigenvalue weighted by Gasteiger charge is 2.32. The van der Waals surface area contributed by atoms with E-state index in [0.29, 0.717) is 12.1 Å². The summed E-state index contributed by atoms with van der Waals surface area (Å²) in [5.74, 6) is -1.64. The number of amides is 2. The lowest BCUT2D eigenvalue weighted by atomic mass is 10.1. The number of aliphatic hydroxyl groups excluding tert-OH is 1. The lowest BCUT2D eigenvalue weighted by molar-refractivity contribution is -0.114. The Bertz CT molecular complexity index is 807. The lowest BCUT2D eigenvalue weighted by Gasteiger charge is -2.18. The smallest absolute Gasteiger partial charge is 0.254 e. The van der Waals surface area contributed by atoms with E-state index in [1.165, 1.54) is 19.1 Å². The van der Waals surface area contributed by atoms with Crippen molar-refractivity contribution in [1.29, 1.82) is 0 Å². The normalized spacial score (nSPS) is 18.8. The van der Waals surface area contributed by atoms with Gasteiger partial charge in [0.15, 0.2) is 0 Å². The minimum absolute atomic E-state index is 0.183. The van der Waals surface area contributed by atoms with Gasteiger partial charge in [-0.1, -0.05) is 24.3 Å². The van der Waals surface area contributed by atoms with E-state index in [9.17, 15) is 19.1 Å². The van der Waals surface area contributed by atoms with Gasteiger partial charge < -0.3 is 15.7 Å². The third-order valence-corrected chi connectivity index (χ3v) is 4.02. The van der Waals surface area contributed by atoms with Crippen LogP contribution in [-0.4, -0.2) is 23.0 Å². The number of rotatable bonds is 3. The molecule has 3 N–H and O–H groups in total. The number of anilines is 1. The van der Waals surface area contributed by atoms with Crippen LogP contribution < -0.4 is 10.6 Å². The van der Waals surface area contributed by atoms with E-state index < -0.39 is 23.9 Å². The first-order chi connectivity index (χ1) is 11.5. The Hall–Kier alpha value is -2.73. The summed E-state index contributed by atoms with van der Waals surface area (Å²) in [6, 6.07) is 10.6. The fraction of sp³-hybridized carbons (Fsp3) is 0.222. The third-order valence-electron chi connectivity index (χ3n) is 4.02. The summed E-state index contributed by atoms with van der Waals surface area (Å²) in [4.78, 5) is 23.5. The molecule has 0 aromatic heterocycles. The number of benzene rings is 2. The van der Waals surface area contributed by atoms with Gasteiger partial charge in [0.05, 0.1) is 17.7 Å². The molecule has 5 nitrogen and oxygen atoms in total. The minimum Gasteiger partial charge on any atom is -0.390 e. The number of carbonyl (C=O) groups is 2. The second kappa shape index (κ2) is 6.41. The van der Waals surface area contributed by atoms with Crippen LogP contribution in [-0.2, 0) is 11.2 Å². The zero-order chi connectivity index (χ0) is 17.3. The van der Waals surface area contributed by atoms with Crippen LogP contribution in [0.2, 0.25) is 0 Å². The van der Waals surface area contributed by atoms with E-state index in [4.69, 9.17) is 0 Å². The largest absolute Gasteiger partial charge is 0.390 e. The van der Waals surface area contributed by atoms with Gasteiger partial charge in [-0.05, 0) is 29.3 Å². The van der Waals surface area contributed by atoms with Gasteiger partial charge in [-0.25, -0.2) is 4.39 Å². The quantitative estimate of drug-likeness (QED) is 0.808. The van der Waals surface area contributed by atoms with Crippen molar-refractivity contribution in [3.8, 4) is 0 Å². The monoisotopic (exact) mass is 328 g/mol. The molecule has 0 bridgehead atoms. The van der Waals surface area contributed by atoms with Crippen molar-refractivity contribution in [2.24, 2.45) is 0 Å². The maximum Gasteiger partial charge on any atom is 0.254 e. The molecule has 1 aliphatic rings. The Kier molecular flexibility index (Phi) is 4.31. The van der Waals surface area contributed by atoms with Crippen LogP contribution in [0.3, 0.4) is 0 Å². The molecule has 0 saturated heterocycles. The van der Waals surface area contributed by atoms with Gasteiger partial charge in [-0.3, -0.25) is 9.59 Å². The molecule has 24 heavy (non-hydrogen) atoms. The Morgan fingerprint density at radius 3 is 2.71 bits per heavy atom. The zero-order valence-corrected chi connectivity index (χ0v) is 13.0. The van der Waals surface area contributed by atoms with Crippen LogP contribution in [0, 0.1) is 5.82 Å². The lowest BCUT2D eigenvalue weighted by Crippen LogP contribution is -2.34. The number of aliphatic hydroxyl groups is 1. The molecular weight excluding hydrogens is 311 g/mol. The molecule has 0 fully saturated rings. The Morgan fingerprint density at radius 1 is 1.21 bits per heavy atom. The fourth-order valence-corrected chi connectivity index (χ4v) is 2.95. The molecule has 2 unspecified atom stereocenters. The number of nitrogens with one attached hydrogen (secondary N) is 2. The van der Waals surface area contributed by atoms with Gasteiger partial charge in [0.25, 0.3) is 5.91 Å². The second-order valence-electron chi connectivity index (χ2n) is 5.80. The number of hydrogen-bond donors (Lipinski definition) is 3. The van der Waals surface area contributed by atoms with Gasteiger partial charge in [0, 0.05) is 19.0 Å². The first-order valence-electron chi connectivity index (χ1n) is 7.59. The SMILES string of the molecule is CC(=O)Nc1ccc(F)c(C(=O)NC2c3ccccc3CC2O)c1. The summed E-state index contributed by atoms with van der Waals surface area (Å²) in [6.07, 6.45) is -0.317. The van der Waals surface area contributed by atoms with Gasteiger partial charge in [-0.15, -0.1) is 0 Å². The highest BCUT2D eigenvalue weighted by atomic mass is 19.1. The highest BCUT2D eigenvalue weighted by molar-refractivity contribution is 5.97. The molecule has 3 rings (SSSR count). The molecule has 124 valence electrons. The number of carbonyl (C=O) groups excluding carboxylic acids is 2. The Balaban J connectivity index is 1.84. The molecule has 0 heterocycles. The van der Waals surface area contributed by atoms with Gasteiger partial charge >= 0.3 is 0 Å². The zero-order valence-electron chi connectivity index (χ0n) is 13.0. The van der Waals surface area contributed by atoms with Crippen LogP contribution >= 0.6 is 0 Å². The molecule has 1 aliphatic carbocycles. The highest BCUT2D eigenvalue weighted by Crippen LogP contribution is 2.31. The number of halogens is 1. The van der Waals surface area contributed by atoms with E-state index in [-0.39, 0.29) is 11.5 Å². The summed E-state index contributed by atoms with van der Waals surface area (Å²) in [5, 5.41) is 15.4. The Labute approximate surface area is 138 Å². The van der Waals surface area contributed by atoms with Crippen molar-refractivity contribution in [1.82, 2.24) is 5.32 Å².